The van der Waals surface area contributed by atoms with Crippen LogP contribution >= 0.6 is 11.3 Å². The molecule has 1 aromatic heterocycles. The van der Waals surface area contributed by atoms with Crippen molar-refractivity contribution < 1.29 is 32.3 Å². The summed E-state index contributed by atoms with van der Waals surface area (Å²) in [6.07, 6.45) is -4.98. The maximum atomic E-state index is 12.5. The molecule has 0 spiro atoms. The van der Waals surface area contributed by atoms with Gasteiger partial charge in [-0.25, -0.2) is 4.79 Å². The van der Waals surface area contributed by atoms with E-state index in [-0.39, 0.29) is 12.0 Å². The molecule has 6 nitrogen and oxygen atoms in total. The number of amides is 1. The van der Waals surface area contributed by atoms with E-state index in [1.807, 2.05) is 5.32 Å². The van der Waals surface area contributed by atoms with Gasteiger partial charge in [0.05, 0.1) is 23.6 Å². The van der Waals surface area contributed by atoms with Gasteiger partial charge in [-0.15, -0.1) is 11.3 Å². The Morgan fingerprint density at radius 3 is 2.78 bits per heavy atom. The summed E-state index contributed by atoms with van der Waals surface area (Å²) in [5, 5.41) is 7.39. The fraction of sp³-hybridized carbons (Fsp3) is 0.235. The Bertz CT molecular complexity index is 908. The van der Waals surface area contributed by atoms with Crippen LogP contribution in [-0.4, -0.2) is 30.9 Å². The summed E-state index contributed by atoms with van der Waals surface area (Å²) in [6.45, 7) is 0. The second-order valence-corrected chi connectivity index (χ2v) is 6.50. The number of nitrogens with one attached hydrogen (secondary N) is 1. The number of methoxy groups -OCH3 is 1. The van der Waals surface area contributed by atoms with Crippen LogP contribution in [0.25, 0.3) is 0 Å². The molecule has 1 aromatic carbocycles. The maximum Gasteiger partial charge on any atom is 0.471 e. The lowest BCUT2D eigenvalue weighted by Crippen LogP contribution is -2.38. The highest BCUT2D eigenvalue weighted by Crippen LogP contribution is 2.36. The number of ether oxygens (including phenoxy) is 1. The largest absolute Gasteiger partial charge is 0.497 e. The Morgan fingerprint density at radius 2 is 2.07 bits per heavy atom. The van der Waals surface area contributed by atoms with E-state index in [0.717, 1.165) is 0 Å². The number of hydrogen-bond acceptors (Lipinski definition) is 6. The van der Waals surface area contributed by atoms with E-state index in [4.69, 9.17) is 9.57 Å². The van der Waals surface area contributed by atoms with Gasteiger partial charge in [0.25, 0.3) is 0 Å². The summed E-state index contributed by atoms with van der Waals surface area (Å²) in [5.74, 6) is -2.30. The standard InChI is InChI=1S/C17H13F3N2O4S/c1-25-10-4-2-3-9(7-10)15(23)26-22-13-8-12(11-5-6-27-14(11)13)21-16(24)17(18,19)20/h2-7,12H,8H2,1H3,(H,21,24)/b22-13-/t12-/m0/s1. The molecular weight excluding hydrogens is 385 g/mol. The number of rotatable bonds is 4. The highest BCUT2D eigenvalue weighted by molar-refractivity contribution is 7.12. The van der Waals surface area contributed by atoms with Gasteiger partial charge in [-0.1, -0.05) is 11.2 Å². The Balaban J connectivity index is 1.74. The summed E-state index contributed by atoms with van der Waals surface area (Å²) in [6, 6.07) is 6.98. The minimum atomic E-state index is -4.98. The van der Waals surface area contributed by atoms with E-state index in [1.165, 1.54) is 30.6 Å². The molecule has 142 valence electrons. The van der Waals surface area contributed by atoms with Crippen molar-refractivity contribution in [3.8, 4) is 5.75 Å². The van der Waals surface area contributed by atoms with Gasteiger partial charge in [-0.2, -0.15) is 13.2 Å². The van der Waals surface area contributed by atoms with Crippen molar-refractivity contribution in [2.24, 2.45) is 5.16 Å². The number of oxime groups is 1. The molecule has 1 aliphatic rings. The van der Waals surface area contributed by atoms with Crippen LogP contribution in [0, 0.1) is 0 Å². The van der Waals surface area contributed by atoms with E-state index >= 15 is 0 Å². The summed E-state index contributed by atoms with van der Waals surface area (Å²) >= 11 is 1.24. The lowest BCUT2D eigenvalue weighted by Gasteiger charge is -2.13. The third kappa shape index (κ3) is 4.11. The Kier molecular flexibility index (Phi) is 5.17. The number of fused-ring (bicyclic) bond motifs is 1. The molecule has 10 heteroatoms. The number of carbonyl (C=O) groups is 2. The molecule has 0 bridgehead atoms. The third-order valence-corrected chi connectivity index (χ3v) is 4.82. The van der Waals surface area contributed by atoms with E-state index in [9.17, 15) is 22.8 Å². The normalized spacial score (nSPS) is 17.5. The summed E-state index contributed by atoms with van der Waals surface area (Å²) in [4.78, 5) is 28.8. The molecule has 27 heavy (non-hydrogen) atoms. The van der Waals surface area contributed by atoms with Crippen molar-refractivity contribution in [3.05, 3.63) is 51.7 Å². The molecule has 3 rings (SSSR count). The summed E-state index contributed by atoms with van der Waals surface area (Å²) in [5.41, 5.74) is 1.02. The van der Waals surface area contributed by atoms with Crippen LogP contribution < -0.4 is 10.1 Å². The van der Waals surface area contributed by atoms with Crippen LogP contribution in [-0.2, 0) is 9.63 Å². The smallest absolute Gasteiger partial charge is 0.471 e. The van der Waals surface area contributed by atoms with E-state index in [2.05, 4.69) is 5.16 Å². The molecule has 0 aliphatic heterocycles. The third-order valence-electron chi connectivity index (χ3n) is 3.84. The predicted molar refractivity (Wildman–Crippen MR) is 90.8 cm³/mol. The van der Waals surface area contributed by atoms with Crippen molar-refractivity contribution in [2.45, 2.75) is 18.6 Å². The molecule has 0 saturated carbocycles. The maximum absolute atomic E-state index is 12.5. The van der Waals surface area contributed by atoms with Crippen LogP contribution in [0.1, 0.15) is 33.3 Å². The number of halogens is 3. The van der Waals surface area contributed by atoms with Crippen LogP contribution in [0.15, 0.2) is 40.9 Å². The molecule has 1 aliphatic carbocycles. The van der Waals surface area contributed by atoms with Crippen LogP contribution in [0.5, 0.6) is 5.75 Å². The second-order valence-electron chi connectivity index (χ2n) is 5.58. The summed E-state index contributed by atoms with van der Waals surface area (Å²) in [7, 11) is 1.46. The van der Waals surface area contributed by atoms with Crippen molar-refractivity contribution in [1.82, 2.24) is 5.32 Å². The van der Waals surface area contributed by atoms with Crippen molar-refractivity contribution in [2.75, 3.05) is 7.11 Å². The van der Waals surface area contributed by atoms with E-state index < -0.39 is 24.1 Å². The molecular formula is C17H13F3N2O4S. The lowest BCUT2D eigenvalue weighted by molar-refractivity contribution is -0.174. The topological polar surface area (TPSA) is 77.0 Å². The number of benzene rings is 1. The fourth-order valence-electron chi connectivity index (χ4n) is 2.57. The quantitative estimate of drug-likeness (QED) is 0.632. The zero-order valence-corrected chi connectivity index (χ0v) is 14.7. The van der Waals surface area contributed by atoms with E-state index in [1.54, 1.807) is 23.6 Å². The second kappa shape index (κ2) is 7.39. The lowest BCUT2D eigenvalue weighted by atomic mass is 10.2. The van der Waals surface area contributed by atoms with Gasteiger partial charge in [0, 0.05) is 6.42 Å². The van der Waals surface area contributed by atoms with Crippen molar-refractivity contribution in [1.29, 1.82) is 0 Å². The van der Waals surface area contributed by atoms with Gasteiger partial charge >= 0.3 is 18.1 Å². The number of carbonyl (C=O) groups excluding carboxylic acids is 2. The van der Waals surface area contributed by atoms with Gasteiger partial charge in [-0.05, 0) is 35.2 Å². The molecule has 0 radical (unpaired) electrons. The first kappa shape index (κ1) is 18.9. The number of alkyl halides is 3. The van der Waals surface area contributed by atoms with Crippen LogP contribution in [0.3, 0.4) is 0 Å². The van der Waals surface area contributed by atoms with Crippen molar-refractivity contribution >= 4 is 28.9 Å². The molecule has 0 unspecified atom stereocenters. The molecule has 0 saturated heterocycles. The average Bonchev–Trinajstić information content (AvgIpc) is 3.23. The SMILES string of the molecule is COc1cccc(C(=O)O/N=C2/C[C@H](NC(=O)C(F)(F)F)c3ccsc32)c1. The zero-order chi connectivity index (χ0) is 19.6. The minimum Gasteiger partial charge on any atom is -0.497 e. The number of thiophene rings is 1. The average molecular weight is 398 g/mol. The van der Waals surface area contributed by atoms with Crippen LogP contribution in [0.2, 0.25) is 0 Å². The Hall–Kier alpha value is -2.88. The highest BCUT2D eigenvalue weighted by Gasteiger charge is 2.42. The first-order chi connectivity index (χ1) is 12.8. The van der Waals surface area contributed by atoms with Gasteiger partial charge in [0.1, 0.15) is 11.5 Å². The number of hydrogen-bond donors (Lipinski definition) is 1. The highest BCUT2D eigenvalue weighted by atomic mass is 32.1. The molecule has 1 heterocycles. The van der Waals surface area contributed by atoms with E-state index in [0.29, 0.717) is 21.9 Å². The molecule has 0 fully saturated rings. The molecule has 1 atom stereocenters. The molecule has 1 N–H and O–H groups in total. The predicted octanol–water partition coefficient (Wildman–Crippen LogP) is 3.44. The fourth-order valence-corrected chi connectivity index (χ4v) is 3.52. The zero-order valence-electron chi connectivity index (χ0n) is 13.9. The van der Waals surface area contributed by atoms with Gasteiger partial charge in [0.15, 0.2) is 0 Å². The Morgan fingerprint density at radius 1 is 1.30 bits per heavy atom. The van der Waals surface area contributed by atoms with Gasteiger partial charge in [-0.3, -0.25) is 4.79 Å². The van der Waals surface area contributed by atoms with Crippen LogP contribution in [0.4, 0.5) is 13.2 Å². The van der Waals surface area contributed by atoms with Gasteiger partial charge in [0.2, 0.25) is 0 Å². The first-order valence-electron chi connectivity index (χ1n) is 7.67. The molecule has 2 aromatic rings. The van der Waals surface area contributed by atoms with Gasteiger partial charge < -0.3 is 14.9 Å². The number of nitrogens with zero attached hydrogens (tertiary/aromatic N) is 1. The van der Waals surface area contributed by atoms with Crippen molar-refractivity contribution in [3.63, 3.8) is 0 Å². The Labute approximate surface area is 155 Å². The molecule has 1 amide bonds. The first-order valence-corrected chi connectivity index (χ1v) is 8.55. The summed E-state index contributed by atoms with van der Waals surface area (Å²) < 4.78 is 42.5. The minimum absolute atomic E-state index is 0.00474. The monoisotopic (exact) mass is 398 g/mol.